The van der Waals surface area contributed by atoms with Crippen molar-refractivity contribution >= 4 is 17.4 Å². The first kappa shape index (κ1) is 15.4. The second-order valence-corrected chi connectivity index (χ2v) is 4.81. The number of thioether (sulfide) groups is 1. The third-order valence-electron chi connectivity index (χ3n) is 2.25. The van der Waals surface area contributed by atoms with Gasteiger partial charge in [-0.2, -0.15) is 30.2 Å². The SMILES string of the molecule is C=CCSCCNc1ccc(C#N)cc1C(F)(F)F. The second-order valence-electron chi connectivity index (χ2n) is 3.66. The van der Waals surface area contributed by atoms with Gasteiger partial charge in [-0.25, -0.2) is 0 Å². The van der Waals surface area contributed by atoms with E-state index in [1.807, 2.05) is 0 Å². The van der Waals surface area contributed by atoms with Crippen LogP contribution < -0.4 is 5.32 Å². The number of hydrogen-bond donors (Lipinski definition) is 1. The third-order valence-corrected chi connectivity index (χ3v) is 3.22. The average molecular weight is 286 g/mol. The summed E-state index contributed by atoms with van der Waals surface area (Å²) in [5.41, 5.74) is -0.801. The van der Waals surface area contributed by atoms with Crippen LogP contribution in [0.2, 0.25) is 0 Å². The molecule has 0 aliphatic heterocycles. The van der Waals surface area contributed by atoms with Crippen molar-refractivity contribution in [1.29, 1.82) is 5.26 Å². The summed E-state index contributed by atoms with van der Waals surface area (Å²) in [6.07, 6.45) is -2.73. The molecule has 0 aliphatic rings. The van der Waals surface area contributed by atoms with Crippen molar-refractivity contribution in [3.8, 4) is 6.07 Å². The van der Waals surface area contributed by atoms with Crippen LogP contribution in [0.25, 0.3) is 0 Å². The number of anilines is 1. The summed E-state index contributed by atoms with van der Waals surface area (Å²) in [7, 11) is 0. The molecule has 0 fully saturated rings. The number of alkyl halides is 3. The molecule has 0 heterocycles. The van der Waals surface area contributed by atoms with E-state index < -0.39 is 11.7 Å². The van der Waals surface area contributed by atoms with Gasteiger partial charge in [-0.05, 0) is 18.2 Å². The number of rotatable bonds is 6. The molecule has 1 aromatic carbocycles. The van der Waals surface area contributed by atoms with Crippen LogP contribution in [0.1, 0.15) is 11.1 Å². The summed E-state index contributed by atoms with van der Waals surface area (Å²) in [5.74, 6) is 1.45. The number of benzene rings is 1. The zero-order valence-electron chi connectivity index (χ0n) is 10.1. The van der Waals surface area contributed by atoms with Gasteiger partial charge < -0.3 is 5.32 Å². The maximum absolute atomic E-state index is 12.8. The van der Waals surface area contributed by atoms with E-state index in [-0.39, 0.29) is 11.3 Å². The molecule has 0 aliphatic carbocycles. The summed E-state index contributed by atoms with van der Waals surface area (Å²) in [4.78, 5) is 0. The smallest absolute Gasteiger partial charge is 0.384 e. The molecular weight excluding hydrogens is 273 g/mol. The van der Waals surface area contributed by atoms with Crippen molar-refractivity contribution < 1.29 is 13.2 Å². The zero-order valence-corrected chi connectivity index (χ0v) is 10.9. The molecule has 1 N–H and O–H groups in total. The lowest BCUT2D eigenvalue weighted by Gasteiger charge is -2.14. The van der Waals surface area contributed by atoms with Crippen LogP contribution in [0.5, 0.6) is 0 Å². The highest BCUT2D eigenvalue weighted by molar-refractivity contribution is 7.99. The van der Waals surface area contributed by atoms with Crippen LogP contribution >= 0.6 is 11.8 Å². The van der Waals surface area contributed by atoms with Crippen LogP contribution in [-0.4, -0.2) is 18.1 Å². The highest BCUT2D eigenvalue weighted by Crippen LogP contribution is 2.35. The molecule has 0 saturated carbocycles. The van der Waals surface area contributed by atoms with Crippen molar-refractivity contribution in [3.63, 3.8) is 0 Å². The van der Waals surface area contributed by atoms with E-state index in [0.29, 0.717) is 12.3 Å². The molecule has 0 bridgehead atoms. The van der Waals surface area contributed by atoms with Gasteiger partial charge in [0.2, 0.25) is 0 Å². The minimum absolute atomic E-state index is 0.00101. The minimum Gasteiger partial charge on any atom is -0.384 e. The summed E-state index contributed by atoms with van der Waals surface area (Å²) in [6.45, 7) is 3.99. The first-order valence-corrected chi connectivity index (χ1v) is 6.68. The fraction of sp³-hybridized carbons (Fsp3) is 0.308. The average Bonchev–Trinajstić information content (AvgIpc) is 2.37. The fourth-order valence-electron chi connectivity index (χ4n) is 1.43. The van der Waals surface area contributed by atoms with Crippen molar-refractivity contribution in [3.05, 3.63) is 42.0 Å². The molecule has 0 atom stereocenters. The Morgan fingerprint density at radius 3 is 2.74 bits per heavy atom. The van der Waals surface area contributed by atoms with Crippen molar-refractivity contribution in [2.24, 2.45) is 0 Å². The van der Waals surface area contributed by atoms with Crippen LogP contribution in [0.4, 0.5) is 18.9 Å². The number of nitriles is 1. The molecule has 2 nitrogen and oxygen atoms in total. The van der Waals surface area contributed by atoms with Gasteiger partial charge in [0.1, 0.15) is 0 Å². The van der Waals surface area contributed by atoms with Gasteiger partial charge in [-0.15, -0.1) is 6.58 Å². The van der Waals surface area contributed by atoms with Gasteiger partial charge in [0, 0.05) is 23.7 Å². The Morgan fingerprint density at radius 2 is 2.16 bits per heavy atom. The first-order chi connectivity index (χ1) is 8.99. The lowest BCUT2D eigenvalue weighted by molar-refractivity contribution is -0.137. The Hall–Kier alpha value is -1.61. The Bertz CT molecular complexity index is 478. The number of hydrogen-bond acceptors (Lipinski definition) is 3. The monoisotopic (exact) mass is 286 g/mol. The maximum atomic E-state index is 12.8. The maximum Gasteiger partial charge on any atom is 0.418 e. The highest BCUT2D eigenvalue weighted by atomic mass is 32.2. The summed E-state index contributed by atoms with van der Waals surface area (Å²) < 4.78 is 38.5. The van der Waals surface area contributed by atoms with E-state index >= 15 is 0 Å². The molecule has 0 radical (unpaired) electrons. The van der Waals surface area contributed by atoms with E-state index in [0.717, 1.165) is 11.8 Å². The summed E-state index contributed by atoms with van der Waals surface area (Å²) >= 11 is 1.58. The fourth-order valence-corrected chi connectivity index (χ4v) is 2.01. The van der Waals surface area contributed by atoms with Crippen molar-refractivity contribution in [2.75, 3.05) is 23.4 Å². The quantitative estimate of drug-likeness (QED) is 0.636. The summed E-state index contributed by atoms with van der Waals surface area (Å²) in [5, 5.41) is 11.4. The van der Waals surface area contributed by atoms with E-state index in [1.54, 1.807) is 23.9 Å². The molecular formula is C13H13F3N2S. The van der Waals surface area contributed by atoms with Crippen LogP contribution in [0, 0.1) is 11.3 Å². The van der Waals surface area contributed by atoms with Gasteiger partial charge in [0.05, 0.1) is 17.2 Å². The molecule has 0 saturated heterocycles. The molecule has 1 rings (SSSR count). The van der Waals surface area contributed by atoms with Gasteiger partial charge in [0.25, 0.3) is 0 Å². The predicted octanol–water partition coefficient (Wildman–Crippen LogP) is 3.91. The van der Waals surface area contributed by atoms with Crippen molar-refractivity contribution in [1.82, 2.24) is 0 Å². The van der Waals surface area contributed by atoms with Crippen LogP contribution in [0.3, 0.4) is 0 Å². The molecule has 102 valence electrons. The van der Waals surface area contributed by atoms with Crippen LogP contribution in [-0.2, 0) is 6.18 Å². The Morgan fingerprint density at radius 1 is 1.42 bits per heavy atom. The predicted molar refractivity (Wildman–Crippen MR) is 72.2 cm³/mol. The molecule has 1 aromatic rings. The molecule has 19 heavy (non-hydrogen) atoms. The van der Waals surface area contributed by atoms with Gasteiger partial charge in [-0.1, -0.05) is 6.08 Å². The lowest BCUT2D eigenvalue weighted by Crippen LogP contribution is -2.13. The van der Waals surface area contributed by atoms with E-state index in [9.17, 15) is 13.2 Å². The van der Waals surface area contributed by atoms with E-state index in [1.165, 1.54) is 12.1 Å². The Kier molecular flexibility index (Phi) is 5.77. The van der Waals surface area contributed by atoms with E-state index in [2.05, 4.69) is 11.9 Å². The number of nitrogens with one attached hydrogen (secondary N) is 1. The number of nitrogens with zero attached hydrogens (tertiary/aromatic N) is 1. The topological polar surface area (TPSA) is 35.8 Å². The number of halogens is 3. The normalized spacial score (nSPS) is 10.8. The van der Waals surface area contributed by atoms with Crippen molar-refractivity contribution in [2.45, 2.75) is 6.18 Å². The molecule has 0 spiro atoms. The zero-order chi connectivity index (χ0) is 14.3. The van der Waals surface area contributed by atoms with Crippen LogP contribution in [0.15, 0.2) is 30.9 Å². The largest absolute Gasteiger partial charge is 0.418 e. The lowest BCUT2D eigenvalue weighted by atomic mass is 10.1. The highest BCUT2D eigenvalue weighted by Gasteiger charge is 2.33. The van der Waals surface area contributed by atoms with Gasteiger partial charge in [0.15, 0.2) is 0 Å². The van der Waals surface area contributed by atoms with Gasteiger partial charge >= 0.3 is 6.18 Å². The van der Waals surface area contributed by atoms with E-state index in [4.69, 9.17) is 5.26 Å². The summed E-state index contributed by atoms with van der Waals surface area (Å²) in [6, 6.07) is 5.23. The second kappa shape index (κ2) is 7.10. The minimum atomic E-state index is -4.47. The van der Waals surface area contributed by atoms with Gasteiger partial charge in [-0.3, -0.25) is 0 Å². The molecule has 0 aromatic heterocycles. The standard InChI is InChI=1S/C13H13F3N2S/c1-2-6-19-7-5-18-12-4-3-10(9-17)8-11(12)13(14,15)16/h2-4,8,18H,1,5-7H2. The molecule has 0 amide bonds. The Labute approximate surface area is 114 Å². The Balaban J connectivity index is 2.77. The molecule has 0 unspecified atom stereocenters. The third kappa shape index (κ3) is 4.87. The first-order valence-electron chi connectivity index (χ1n) is 5.53. The molecule has 6 heteroatoms.